The van der Waals surface area contributed by atoms with Crippen LogP contribution in [0.15, 0.2) is 48.5 Å². The molecule has 2 heteroatoms. The van der Waals surface area contributed by atoms with E-state index < -0.39 is 0 Å². The Morgan fingerprint density at radius 1 is 1.11 bits per heavy atom. The average molecular weight is 274 g/mol. The molecule has 2 rings (SSSR count). The van der Waals surface area contributed by atoms with Gasteiger partial charge >= 0.3 is 0 Å². The molecule has 0 aliphatic heterocycles. The highest BCUT2D eigenvalue weighted by Gasteiger charge is 2.04. The summed E-state index contributed by atoms with van der Waals surface area (Å²) in [6, 6.07) is 17.0. The van der Waals surface area contributed by atoms with E-state index in [-0.39, 0.29) is 0 Å². The summed E-state index contributed by atoms with van der Waals surface area (Å²) in [4.78, 5) is 0. The van der Waals surface area contributed by atoms with E-state index in [1.165, 1.54) is 16.7 Å². The Balaban J connectivity index is 1.85. The van der Waals surface area contributed by atoms with Gasteiger partial charge in [0.1, 0.15) is 0 Å². The minimum Gasteiger partial charge on any atom is -0.310 e. The molecule has 19 heavy (non-hydrogen) atoms. The van der Waals surface area contributed by atoms with Crippen LogP contribution in [0.5, 0.6) is 0 Å². The lowest BCUT2D eigenvalue weighted by Crippen LogP contribution is -2.21. The maximum Gasteiger partial charge on any atom is 0.0409 e. The molecular formula is C17H20ClN. The number of rotatable bonds is 5. The molecule has 1 N–H and O–H groups in total. The molecular weight excluding hydrogens is 254 g/mol. The van der Waals surface area contributed by atoms with Gasteiger partial charge in [0.15, 0.2) is 0 Å². The first-order valence-corrected chi connectivity index (χ1v) is 7.07. The Morgan fingerprint density at radius 2 is 1.89 bits per heavy atom. The van der Waals surface area contributed by atoms with Crippen LogP contribution in [0.1, 0.15) is 29.7 Å². The standard InChI is InChI=1S/C17H20ClN/c1-13-5-3-6-15(11-13)9-10-19-14(2)16-7-4-8-17(18)12-16/h3-8,11-12,14,19H,9-10H2,1-2H3. The normalized spacial score (nSPS) is 12.4. The van der Waals surface area contributed by atoms with Crippen LogP contribution in [0.2, 0.25) is 5.02 Å². The molecule has 2 aromatic rings. The zero-order valence-corrected chi connectivity index (χ0v) is 12.2. The Morgan fingerprint density at radius 3 is 2.63 bits per heavy atom. The van der Waals surface area contributed by atoms with Gasteiger partial charge in [0, 0.05) is 11.1 Å². The lowest BCUT2D eigenvalue weighted by atomic mass is 10.1. The van der Waals surface area contributed by atoms with Gasteiger partial charge in [0.25, 0.3) is 0 Å². The van der Waals surface area contributed by atoms with Crippen molar-refractivity contribution < 1.29 is 0 Å². The molecule has 0 aliphatic carbocycles. The molecule has 0 saturated carbocycles. The van der Waals surface area contributed by atoms with Crippen molar-refractivity contribution in [2.45, 2.75) is 26.3 Å². The fourth-order valence-electron chi connectivity index (χ4n) is 2.19. The van der Waals surface area contributed by atoms with Gasteiger partial charge < -0.3 is 5.32 Å². The molecule has 1 unspecified atom stereocenters. The number of hydrogen-bond donors (Lipinski definition) is 1. The molecule has 0 saturated heterocycles. The van der Waals surface area contributed by atoms with Gasteiger partial charge in [-0.1, -0.05) is 53.6 Å². The average Bonchev–Trinajstić information content (AvgIpc) is 2.38. The summed E-state index contributed by atoms with van der Waals surface area (Å²) in [5.74, 6) is 0. The smallest absolute Gasteiger partial charge is 0.0409 e. The Bertz CT molecular complexity index is 536. The summed E-state index contributed by atoms with van der Waals surface area (Å²) in [6.07, 6.45) is 1.05. The number of nitrogens with one attached hydrogen (secondary N) is 1. The molecule has 2 aromatic carbocycles. The highest BCUT2D eigenvalue weighted by molar-refractivity contribution is 6.30. The first-order valence-electron chi connectivity index (χ1n) is 6.69. The Kier molecular flexibility index (Phi) is 5.00. The third-order valence-corrected chi connectivity index (χ3v) is 3.53. The third-order valence-electron chi connectivity index (χ3n) is 3.30. The van der Waals surface area contributed by atoms with Crippen LogP contribution < -0.4 is 5.32 Å². The molecule has 0 radical (unpaired) electrons. The van der Waals surface area contributed by atoms with Crippen molar-refractivity contribution in [3.05, 3.63) is 70.2 Å². The largest absolute Gasteiger partial charge is 0.310 e. The van der Waals surface area contributed by atoms with Gasteiger partial charge in [0.05, 0.1) is 0 Å². The predicted molar refractivity (Wildman–Crippen MR) is 82.8 cm³/mol. The van der Waals surface area contributed by atoms with E-state index >= 15 is 0 Å². The monoisotopic (exact) mass is 273 g/mol. The first-order chi connectivity index (χ1) is 9.15. The van der Waals surface area contributed by atoms with Crippen LogP contribution >= 0.6 is 11.6 Å². The summed E-state index contributed by atoms with van der Waals surface area (Å²) in [6.45, 7) is 5.27. The van der Waals surface area contributed by atoms with E-state index in [1.54, 1.807) is 0 Å². The van der Waals surface area contributed by atoms with Gasteiger partial charge in [-0.2, -0.15) is 0 Å². The van der Waals surface area contributed by atoms with Crippen molar-refractivity contribution in [3.63, 3.8) is 0 Å². The summed E-state index contributed by atoms with van der Waals surface area (Å²) in [5.41, 5.74) is 3.93. The van der Waals surface area contributed by atoms with E-state index in [1.807, 2.05) is 18.2 Å². The van der Waals surface area contributed by atoms with Gasteiger partial charge in [0.2, 0.25) is 0 Å². The molecule has 0 bridgehead atoms. The summed E-state index contributed by atoms with van der Waals surface area (Å²) in [5, 5.41) is 4.33. The highest BCUT2D eigenvalue weighted by atomic mass is 35.5. The zero-order valence-electron chi connectivity index (χ0n) is 11.5. The maximum atomic E-state index is 6.01. The molecule has 1 atom stereocenters. The number of hydrogen-bond acceptors (Lipinski definition) is 1. The van der Waals surface area contributed by atoms with Crippen LogP contribution in [0.3, 0.4) is 0 Å². The molecule has 100 valence electrons. The minimum absolute atomic E-state index is 0.323. The van der Waals surface area contributed by atoms with Crippen molar-refractivity contribution in [3.8, 4) is 0 Å². The highest BCUT2D eigenvalue weighted by Crippen LogP contribution is 2.17. The number of benzene rings is 2. The fraction of sp³-hybridized carbons (Fsp3) is 0.294. The van der Waals surface area contributed by atoms with Gasteiger partial charge in [-0.25, -0.2) is 0 Å². The molecule has 0 fully saturated rings. The topological polar surface area (TPSA) is 12.0 Å². The van der Waals surface area contributed by atoms with Crippen LogP contribution in [-0.4, -0.2) is 6.54 Å². The SMILES string of the molecule is Cc1cccc(CCNC(C)c2cccc(Cl)c2)c1. The lowest BCUT2D eigenvalue weighted by molar-refractivity contribution is 0.577. The van der Waals surface area contributed by atoms with E-state index in [0.717, 1.165) is 18.0 Å². The summed E-state index contributed by atoms with van der Waals surface area (Å²) < 4.78 is 0. The summed E-state index contributed by atoms with van der Waals surface area (Å²) >= 11 is 6.01. The first kappa shape index (κ1) is 14.1. The Labute approximate surface area is 120 Å². The second kappa shape index (κ2) is 6.74. The van der Waals surface area contributed by atoms with Crippen molar-refractivity contribution in [1.82, 2.24) is 5.32 Å². The molecule has 0 aliphatic rings. The molecule has 0 spiro atoms. The summed E-state index contributed by atoms with van der Waals surface area (Å²) in [7, 11) is 0. The molecule has 0 aromatic heterocycles. The molecule has 0 heterocycles. The van der Waals surface area contributed by atoms with Gasteiger partial charge in [-0.3, -0.25) is 0 Å². The maximum absolute atomic E-state index is 6.01. The van der Waals surface area contributed by atoms with Crippen molar-refractivity contribution in [1.29, 1.82) is 0 Å². The van der Waals surface area contributed by atoms with E-state index in [4.69, 9.17) is 11.6 Å². The second-order valence-electron chi connectivity index (χ2n) is 4.97. The second-order valence-corrected chi connectivity index (χ2v) is 5.41. The lowest BCUT2D eigenvalue weighted by Gasteiger charge is -2.14. The van der Waals surface area contributed by atoms with Gasteiger partial charge in [-0.15, -0.1) is 0 Å². The fourth-order valence-corrected chi connectivity index (χ4v) is 2.39. The van der Waals surface area contributed by atoms with Crippen LogP contribution in [0, 0.1) is 6.92 Å². The van der Waals surface area contributed by atoms with E-state index in [9.17, 15) is 0 Å². The minimum atomic E-state index is 0.323. The Hall–Kier alpha value is -1.31. The van der Waals surface area contributed by atoms with Crippen LogP contribution in [0.25, 0.3) is 0 Å². The van der Waals surface area contributed by atoms with Crippen molar-refractivity contribution >= 4 is 11.6 Å². The van der Waals surface area contributed by atoms with Crippen LogP contribution in [0.4, 0.5) is 0 Å². The van der Waals surface area contributed by atoms with Crippen molar-refractivity contribution in [2.24, 2.45) is 0 Å². The van der Waals surface area contributed by atoms with Crippen molar-refractivity contribution in [2.75, 3.05) is 6.54 Å². The molecule has 0 amide bonds. The predicted octanol–water partition coefficient (Wildman–Crippen LogP) is 4.54. The third kappa shape index (κ3) is 4.38. The molecule has 1 nitrogen and oxygen atoms in total. The number of aryl methyl sites for hydroxylation is 1. The number of halogens is 1. The quantitative estimate of drug-likeness (QED) is 0.843. The van der Waals surface area contributed by atoms with E-state index in [2.05, 4.69) is 49.5 Å². The van der Waals surface area contributed by atoms with Crippen LogP contribution in [-0.2, 0) is 6.42 Å². The zero-order chi connectivity index (χ0) is 13.7. The van der Waals surface area contributed by atoms with E-state index in [0.29, 0.717) is 6.04 Å². The van der Waals surface area contributed by atoms with Gasteiger partial charge in [-0.05, 0) is 50.1 Å².